The highest BCUT2D eigenvalue weighted by Crippen LogP contribution is 2.41. The molecule has 0 fully saturated rings. The molecule has 77 heavy (non-hydrogen) atoms. The van der Waals surface area contributed by atoms with E-state index in [1.54, 1.807) is 0 Å². The van der Waals surface area contributed by atoms with Crippen LogP contribution in [0.25, 0.3) is 61.3 Å². The zero-order valence-corrected chi connectivity index (χ0v) is 43.0. The third kappa shape index (κ3) is 9.68. The Bertz CT molecular complexity index is 4000. The Morgan fingerprint density at radius 2 is 0.870 bits per heavy atom. The van der Waals surface area contributed by atoms with Crippen molar-refractivity contribution < 1.29 is 0 Å². The molecule has 0 saturated carbocycles. The van der Waals surface area contributed by atoms with Crippen LogP contribution in [0.2, 0.25) is 0 Å². The van der Waals surface area contributed by atoms with Crippen LogP contribution in [-0.4, -0.2) is 21.1 Å². The van der Waals surface area contributed by atoms with E-state index >= 15 is 0 Å². The van der Waals surface area contributed by atoms with Crippen molar-refractivity contribution in [3.63, 3.8) is 0 Å². The zero-order valence-electron chi connectivity index (χ0n) is 43.0. The summed E-state index contributed by atoms with van der Waals surface area (Å²) in [5.74, 6) is 0. The van der Waals surface area contributed by atoms with Crippen LogP contribution in [0.5, 0.6) is 0 Å². The minimum Gasteiger partial charge on any atom is -0.337 e. The number of benzene rings is 10. The molecule has 10 aromatic carbocycles. The number of para-hydroxylation sites is 4. The molecule has 6 heteroatoms. The van der Waals surface area contributed by atoms with Crippen LogP contribution in [0.4, 0.5) is 45.5 Å². The Hall–Kier alpha value is -10.0. The molecule has 12 aromatic rings. The van der Waals surface area contributed by atoms with Gasteiger partial charge in [-0.3, -0.25) is 0 Å². The number of allylic oxidation sites excluding steroid dienone is 1. The standard InChI is InChI=1S/C71H56N6/c1-4-19-53-22-15-17-28-68(53)74(48-5-2)58-39-41-64(42-40-58)76(59-24-11-7-12-25-59)62-37-32-55(33-38-62)71-70(72-66-47-34-56(50-67(66)73-71)52-20-9-6-10-21-52)54-30-35-63(36-31-54)77(60-26-13-8-14-27-60)65-45-43-61(44-46-65)75-51(3)49-57-23-16-18-29-69(57)75/h4-18,20-47,49-50H,1-2,19,48H2,3H3. The van der Waals surface area contributed by atoms with Gasteiger partial charge in [-0.2, -0.15) is 0 Å². The molecule has 2 aromatic heterocycles. The summed E-state index contributed by atoms with van der Waals surface area (Å²) in [5.41, 5.74) is 20.7. The average Bonchev–Trinajstić information content (AvgIpc) is 3.86. The maximum atomic E-state index is 5.48. The molecule has 0 N–H and O–H groups in total. The first-order valence-electron chi connectivity index (χ1n) is 26.1. The second kappa shape index (κ2) is 21.4. The Morgan fingerprint density at radius 3 is 1.45 bits per heavy atom. The van der Waals surface area contributed by atoms with Gasteiger partial charge in [0, 0.05) is 79.9 Å². The number of aryl methyl sites for hydroxylation is 1. The first-order valence-corrected chi connectivity index (χ1v) is 26.1. The van der Waals surface area contributed by atoms with Crippen LogP contribution < -0.4 is 14.7 Å². The zero-order chi connectivity index (χ0) is 52.1. The first-order chi connectivity index (χ1) is 38.0. The summed E-state index contributed by atoms with van der Waals surface area (Å²) in [5, 5.41) is 1.23. The third-order valence-electron chi connectivity index (χ3n) is 14.2. The SMILES string of the molecule is C=CCc1ccccc1N(CC=C)c1ccc(N(c2ccccc2)c2ccc(-c3nc4cc(-c5ccccc5)ccc4nc3-c3ccc(N(c4ccccc4)c4ccc(-n5c(C)cc6ccccc65)cc4)cc3)cc2)cc1. The fourth-order valence-corrected chi connectivity index (χ4v) is 10.6. The van der Waals surface area contributed by atoms with E-state index < -0.39 is 0 Å². The van der Waals surface area contributed by atoms with Gasteiger partial charge in [0.1, 0.15) is 0 Å². The molecule has 0 radical (unpaired) electrons. The molecule has 0 unspecified atom stereocenters. The smallest absolute Gasteiger partial charge is 0.0973 e. The van der Waals surface area contributed by atoms with Gasteiger partial charge in [-0.05, 0) is 157 Å². The quantitative estimate of drug-likeness (QED) is 0.0902. The summed E-state index contributed by atoms with van der Waals surface area (Å²) in [6.07, 6.45) is 4.69. The maximum Gasteiger partial charge on any atom is 0.0973 e. The number of anilines is 8. The van der Waals surface area contributed by atoms with E-state index in [1.807, 2.05) is 18.2 Å². The molecule has 0 aliphatic rings. The summed E-state index contributed by atoms with van der Waals surface area (Å²) in [6, 6.07) is 92.3. The molecule has 0 spiro atoms. The van der Waals surface area contributed by atoms with Crippen molar-refractivity contribution in [1.29, 1.82) is 0 Å². The Kier molecular flexibility index (Phi) is 13.3. The Balaban J connectivity index is 0.917. The fraction of sp³-hybridized carbons (Fsp3) is 0.0423. The van der Waals surface area contributed by atoms with Crippen molar-refractivity contribution in [2.45, 2.75) is 13.3 Å². The van der Waals surface area contributed by atoms with Crippen LogP contribution in [0.1, 0.15) is 11.3 Å². The largest absolute Gasteiger partial charge is 0.337 e. The van der Waals surface area contributed by atoms with Crippen molar-refractivity contribution in [3.8, 4) is 39.3 Å². The molecule has 370 valence electrons. The van der Waals surface area contributed by atoms with E-state index in [0.717, 1.165) is 102 Å². The molecule has 0 amide bonds. The molecular weight excluding hydrogens is 937 g/mol. The molecule has 0 aliphatic carbocycles. The van der Waals surface area contributed by atoms with E-state index in [0.29, 0.717) is 6.54 Å². The second-order valence-corrected chi connectivity index (χ2v) is 19.2. The first kappa shape index (κ1) is 47.9. The van der Waals surface area contributed by atoms with Crippen LogP contribution in [0, 0.1) is 6.92 Å². The molecule has 0 saturated heterocycles. The molecule has 0 aliphatic heterocycles. The topological polar surface area (TPSA) is 40.4 Å². The minimum absolute atomic E-state index is 0.669. The molecule has 12 rings (SSSR count). The van der Waals surface area contributed by atoms with Gasteiger partial charge in [0.25, 0.3) is 0 Å². The Labute approximate surface area is 451 Å². The fourth-order valence-electron chi connectivity index (χ4n) is 10.6. The lowest BCUT2D eigenvalue weighted by atomic mass is 10.0. The normalized spacial score (nSPS) is 11.1. The lowest BCUT2D eigenvalue weighted by molar-refractivity contribution is 1.05. The molecule has 0 atom stereocenters. The average molecular weight is 993 g/mol. The van der Waals surface area contributed by atoms with Crippen molar-refractivity contribution >= 4 is 67.4 Å². The van der Waals surface area contributed by atoms with E-state index in [2.05, 4.69) is 294 Å². The summed E-state index contributed by atoms with van der Waals surface area (Å²) < 4.78 is 2.32. The summed E-state index contributed by atoms with van der Waals surface area (Å²) >= 11 is 0. The monoisotopic (exact) mass is 992 g/mol. The highest BCUT2D eigenvalue weighted by Gasteiger charge is 2.20. The van der Waals surface area contributed by atoms with Gasteiger partial charge in [0.15, 0.2) is 0 Å². The number of nitrogens with zero attached hydrogens (tertiary/aromatic N) is 6. The van der Waals surface area contributed by atoms with Crippen LogP contribution in [0.3, 0.4) is 0 Å². The number of aromatic nitrogens is 3. The summed E-state index contributed by atoms with van der Waals surface area (Å²) in [7, 11) is 0. The van der Waals surface area contributed by atoms with Crippen molar-refractivity contribution in [3.05, 3.63) is 297 Å². The van der Waals surface area contributed by atoms with Gasteiger partial charge in [-0.25, -0.2) is 9.97 Å². The van der Waals surface area contributed by atoms with Crippen LogP contribution in [0.15, 0.2) is 286 Å². The number of hydrogen-bond acceptors (Lipinski definition) is 5. The highest BCUT2D eigenvalue weighted by molar-refractivity contribution is 5.91. The number of rotatable bonds is 16. The van der Waals surface area contributed by atoms with Crippen molar-refractivity contribution in [2.75, 3.05) is 21.2 Å². The maximum absolute atomic E-state index is 5.48. The number of fused-ring (bicyclic) bond motifs is 2. The molecular formula is C71H56N6. The van der Waals surface area contributed by atoms with E-state index in [4.69, 9.17) is 9.97 Å². The predicted molar refractivity (Wildman–Crippen MR) is 324 cm³/mol. The molecule has 2 heterocycles. The van der Waals surface area contributed by atoms with Gasteiger partial charge in [0.05, 0.1) is 27.9 Å². The number of hydrogen-bond donors (Lipinski definition) is 0. The van der Waals surface area contributed by atoms with E-state index in [1.165, 1.54) is 22.2 Å². The van der Waals surface area contributed by atoms with Gasteiger partial charge in [-0.15, -0.1) is 13.2 Å². The third-order valence-corrected chi connectivity index (χ3v) is 14.2. The second-order valence-electron chi connectivity index (χ2n) is 19.2. The molecule has 6 nitrogen and oxygen atoms in total. The van der Waals surface area contributed by atoms with Gasteiger partial charge >= 0.3 is 0 Å². The van der Waals surface area contributed by atoms with E-state index in [-0.39, 0.29) is 0 Å². The summed E-state index contributed by atoms with van der Waals surface area (Å²) in [6.45, 7) is 11.0. The summed E-state index contributed by atoms with van der Waals surface area (Å²) in [4.78, 5) is 17.8. The lowest BCUT2D eigenvalue weighted by Crippen LogP contribution is -2.18. The van der Waals surface area contributed by atoms with Gasteiger partial charge in [-0.1, -0.05) is 146 Å². The Morgan fingerprint density at radius 1 is 0.403 bits per heavy atom. The predicted octanol–water partition coefficient (Wildman–Crippen LogP) is 18.9. The van der Waals surface area contributed by atoms with Crippen LogP contribution in [-0.2, 0) is 6.42 Å². The minimum atomic E-state index is 0.669. The highest BCUT2D eigenvalue weighted by atomic mass is 15.2. The van der Waals surface area contributed by atoms with Crippen molar-refractivity contribution in [2.24, 2.45) is 0 Å². The van der Waals surface area contributed by atoms with E-state index in [9.17, 15) is 0 Å². The van der Waals surface area contributed by atoms with Crippen LogP contribution >= 0.6 is 0 Å². The van der Waals surface area contributed by atoms with Crippen molar-refractivity contribution in [1.82, 2.24) is 14.5 Å². The van der Waals surface area contributed by atoms with Gasteiger partial charge < -0.3 is 19.3 Å². The lowest BCUT2D eigenvalue weighted by Gasteiger charge is -2.28. The van der Waals surface area contributed by atoms with Gasteiger partial charge in [0.2, 0.25) is 0 Å². The molecule has 0 bridgehead atoms.